The van der Waals surface area contributed by atoms with Crippen molar-refractivity contribution in [2.75, 3.05) is 18.5 Å². The van der Waals surface area contributed by atoms with Gasteiger partial charge >= 0.3 is 11.9 Å². The third-order valence-electron chi connectivity index (χ3n) is 4.34. The van der Waals surface area contributed by atoms with Crippen molar-refractivity contribution >= 4 is 29.2 Å². The molecule has 0 unspecified atom stereocenters. The van der Waals surface area contributed by atoms with Gasteiger partial charge in [-0.15, -0.1) is 0 Å². The van der Waals surface area contributed by atoms with E-state index in [2.05, 4.69) is 5.32 Å². The lowest BCUT2D eigenvalue weighted by Crippen LogP contribution is -2.21. The minimum atomic E-state index is -1.02. The van der Waals surface area contributed by atoms with Gasteiger partial charge in [0.25, 0.3) is 11.6 Å². The molecule has 1 N–H and O–H groups in total. The highest BCUT2D eigenvalue weighted by Crippen LogP contribution is 2.29. The minimum absolute atomic E-state index is 0.0525. The van der Waals surface area contributed by atoms with Crippen molar-refractivity contribution in [1.29, 1.82) is 0 Å². The maximum absolute atomic E-state index is 12.4. The second kappa shape index (κ2) is 11.2. The van der Waals surface area contributed by atoms with Crippen molar-refractivity contribution < 1.29 is 33.5 Å². The molecule has 0 spiro atoms. The van der Waals surface area contributed by atoms with E-state index >= 15 is 0 Å². The number of nitro benzene ring substituents is 1. The van der Waals surface area contributed by atoms with E-state index in [1.165, 1.54) is 0 Å². The van der Waals surface area contributed by atoms with Crippen LogP contribution in [-0.4, -0.2) is 36.0 Å². The first-order valence-electron chi connectivity index (χ1n) is 10.1. The number of esters is 2. The summed E-state index contributed by atoms with van der Waals surface area (Å²) >= 11 is 0. The molecule has 174 valence electrons. The van der Waals surface area contributed by atoms with Gasteiger partial charge in [0, 0.05) is 12.1 Å². The van der Waals surface area contributed by atoms with Gasteiger partial charge in [-0.2, -0.15) is 0 Å². The number of nitrogens with zero attached hydrogens (tertiary/aromatic N) is 1. The molecule has 3 aromatic carbocycles. The van der Waals surface area contributed by atoms with Crippen LogP contribution in [0, 0.1) is 10.1 Å². The number of anilines is 1. The highest BCUT2D eigenvalue weighted by atomic mass is 16.6. The van der Waals surface area contributed by atoms with Crippen LogP contribution in [0.4, 0.5) is 11.4 Å². The largest absolute Gasteiger partial charge is 0.462 e. The standard InChI is InChI=1S/C24H20N2O8/c1-2-32-23(28)16-12-17(14-18(13-16)26(30)31)24(29)33-15-22(27)25-20-10-6-7-11-21(20)34-19-8-4-3-5-9-19/h3-14H,2,15H2,1H3,(H,25,27). The molecule has 0 aliphatic carbocycles. The van der Waals surface area contributed by atoms with Crippen LogP contribution in [0.2, 0.25) is 0 Å². The maximum Gasteiger partial charge on any atom is 0.338 e. The van der Waals surface area contributed by atoms with Crippen LogP contribution in [0.15, 0.2) is 72.8 Å². The topological polar surface area (TPSA) is 134 Å². The number of nitro groups is 1. The number of non-ortho nitro benzene ring substituents is 1. The molecule has 0 saturated heterocycles. The summed E-state index contributed by atoms with van der Waals surface area (Å²) in [4.78, 5) is 47.1. The lowest BCUT2D eigenvalue weighted by atomic mass is 10.1. The molecule has 10 nitrogen and oxygen atoms in total. The number of rotatable bonds is 9. The van der Waals surface area contributed by atoms with Gasteiger partial charge in [-0.25, -0.2) is 9.59 Å². The Labute approximate surface area is 194 Å². The number of hydrogen-bond acceptors (Lipinski definition) is 8. The molecular formula is C24H20N2O8. The van der Waals surface area contributed by atoms with Crippen LogP contribution in [0.1, 0.15) is 27.6 Å². The Bertz CT molecular complexity index is 1210. The van der Waals surface area contributed by atoms with Gasteiger partial charge in [0.15, 0.2) is 12.4 Å². The number of para-hydroxylation sites is 3. The first-order valence-corrected chi connectivity index (χ1v) is 10.1. The van der Waals surface area contributed by atoms with Crippen molar-refractivity contribution in [3.63, 3.8) is 0 Å². The number of amides is 1. The van der Waals surface area contributed by atoms with Gasteiger partial charge in [0.2, 0.25) is 0 Å². The van der Waals surface area contributed by atoms with Crippen molar-refractivity contribution in [3.8, 4) is 11.5 Å². The maximum atomic E-state index is 12.4. The Morgan fingerprint density at radius 3 is 2.15 bits per heavy atom. The van der Waals surface area contributed by atoms with Gasteiger partial charge in [0.1, 0.15) is 5.75 Å². The second-order valence-corrected chi connectivity index (χ2v) is 6.78. The van der Waals surface area contributed by atoms with Crippen molar-refractivity contribution in [3.05, 3.63) is 94.0 Å². The van der Waals surface area contributed by atoms with Crippen LogP contribution in [0.5, 0.6) is 11.5 Å². The summed E-state index contributed by atoms with van der Waals surface area (Å²) in [6, 6.07) is 18.7. The predicted molar refractivity (Wildman–Crippen MR) is 121 cm³/mol. The molecule has 0 saturated carbocycles. The molecule has 0 aromatic heterocycles. The average Bonchev–Trinajstić information content (AvgIpc) is 2.84. The fourth-order valence-corrected chi connectivity index (χ4v) is 2.84. The Balaban J connectivity index is 1.67. The van der Waals surface area contributed by atoms with Crippen molar-refractivity contribution in [2.24, 2.45) is 0 Å². The van der Waals surface area contributed by atoms with E-state index < -0.39 is 35.1 Å². The van der Waals surface area contributed by atoms with Gasteiger partial charge in [-0.3, -0.25) is 14.9 Å². The molecule has 0 atom stereocenters. The first-order chi connectivity index (χ1) is 16.4. The van der Waals surface area contributed by atoms with Gasteiger partial charge in [-0.05, 0) is 37.3 Å². The summed E-state index contributed by atoms with van der Waals surface area (Å²) in [5, 5.41) is 13.8. The molecule has 0 bridgehead atoms. The van der Waals surface area contributed by atoms with Crippen molar-refractivity contribution in [1.82, 2.24) is 0 Å². The molecule has 0 aliphatic heterocycles. The quantitative estimate of drug-likeness (QED) is 0.280. The first kappa shape index (κ1) is 23.9. The fraction of sp³-hybridized carbons (Fsp3) is 0.125. The SMILES string of the molecule is CCOC(=O)c1cc(C(=O)OCC(=O)Nc2ccccc2Oc2ccccc2)cc([N+](=O)[O-])c1. The van der Waals surface area contributed by atoms with Crippen LogP contribution >= 0.6 is 0 Å². The normalized spacial score (nSPS) is 10.1. The number of carbonyl (C=O) groups excluding carboxylic acids is 3. The van der Waals surface area contributed by atoms with Crippen molar-refractivity contribution in [2.45, 2.75) is 6.92 Å². The molecule has 34 heavy (non-hydrogen) atoms. The van der Waals surface area contributed by atoms with E-state index in [-0.39, 0.29) is 17.7 Å². The van der Waals surface area contributed by atoms with Crippen LogP contribution < -0.4 is 10.1 Å². The number of ether oxygens (including phenoxy) is 3. The summed E-state index contributed by atoms with van der Waals surface area (Å²) < 4.78 is 15.6. The highest BCUT2D eigenvalue weighted by Gasteiger charge is 2.20. The Morgan fingerprint density at radius 1 is 0.882 bits per heavy atom. The van der Waals surface area contributed by atoms with Gasteiger partial charge < -0.3 is 19.5 Å². The number of hydrogen-bond donors (Lipinski definition) is 1. The number of benzene rings is 3. The second-order valence-electron chi connectivity index (χ2n) is 6.78. The summed E-state index contributed by atoms with van der Waals surface area (Å²) in [5.74, 6) is -1.55. The number of carbonyl (C=O) groups is 3. The van der Waals surface area contributed by atoms with E-state index in [1.807, 2.05) is 6.07 Å². The van der Waals surface area contributed by atoms with Crippen LogP contribution in [-0.2, 0) is 14.3 Å². The molecule has 0 heterocycles. The van der Waals surface area contributed by atoms with Gasteiger partial charge in [0.05, 0.1) is 28.3 Å². The Hall–Kier alpha value is -4.73. The molecule has 0 aliphatic rings. The van der Waals surface area contributed by atoms with Gasteiger partial charge in [-0.1, -0.05) is 30.3 Å². The smallest absolute Gasteiger partial charge is 0.338 e. The minimum Gasteiger partial charge on any atom is -0.462 e. The van der Waals surface area contributed by atoms with E-state index in [9.17, 15) is 24.5 Å². The zero-order chi connectivity index (χ0) is 24.5. The van der Waals surface area contributed by atoms with E-state index in [0.717, 1.165) is 18.2 Å². The van der Waals surface area contributed by atoms with E-state index in [1.54, 1.807) is 55.5 Å². The molecule has 10 heteroatoms. The summed E-state index contributed by atoms with van der Waals surface area (Å²) in [7, 11) is 0. The third-order valence-corrected chi connectivity index (χ3v) is 4.34. The number of nitrogens with one attached hydrogen (secondary N) is 1. The van der Waals surface area contributed by atoms with Crippen LogP contribution in [0.3, 0.4) is 0 Å². The average molecular weight is 464 g/mol. The molecular weight excluding hydrogens is 444 g/mol. The van der Waals surface area contributed by atoms with E-state index in [0.29, 0.717) is 17.2 Å². The molecule has 1 amide bonds. The fourth-order valence-electron chi connectivity index (χ4n) is 2.84. The molecule has 3 aromatic rings. The third kappa shape index (κ3) is 6.39. The lowest BCUT2D eigenvalue weighted by Gasteiger charge is -2.12. The summed E-state index contributed by atoms with van der Waals surface area (Å²) in [6.07, 6.45) is 0. The zero-order valence-corrected chi connectivity index (χ0v) is 18.1. The monoisotopic (exact) mass is 464 g/mol. The van der Waals surface area contributed by atoms with E-state index in [4.69, 9.17) is 14.2 Å². The predicted octanol–water partition coefficient (Wildman–Crippen LogP) is 4.36. The highest BCUT2D eigenvalue weighted by molar-refractivity contribution is 5.98. The zero-order valence-electron chi connectivity index (χ0n) is 18.1. The molecule has 0 fully saturated rings. The molecule has 0 radical (unpaired) electrons. The lowest BCUT2D eigenvalue weighted by molar-refractivity contribution is -0.384. The summed E-state index contributed by atoms with van der Waals surface area (Å²) in [6.45, 7) is 0.957. The summed E-state index contributed by atoms with van der Waals surface area (Å²) in [5.41, 5.74) is -0.585. The molecule has 3 rings (SSSR count). The Morgan fingerprint density at radius 2 is 1.50 bits per heavy atom. The van der Waals surface area contributed by atoms with Crippen LogP contribution in [0.25, 0.3) is 0 Å². The Kier molecular flexibility index (Phi) is 7.90.